The second-order valence-corrected chi connectivity index (χ2v) is 7.34. The summed E-state index contributed by atoms with van der Waals surface area (Å²) in [7, 11) is 0. The number of halogens is 2. The maximum absolute atomic E-state index is 12.6. The van der Waals surface area contributed by atoms with E-state index in [1.807, 2.05) is 0 Å². The molecule has 1 N–H and O–H groups in total. The molecule has 25 heavy (non-hydrogen) atoms. The fraction of sp³-hybridized carbons (Fsp3) is 0.333. The van der Waals surface area contributed by atoms with Gasteiger partial charge in [0.25, 0.3) is 0 Å². The predicted octanol–water partition coefficient (Wildman–Crippen LogP) is 5.16. The summed E-state index contributed by atoms with van der Waals surface area (Å²) in [5, 5.41) is 4.17. The van der Waals surface area contributed by atoms with Gasteiger partial charge in [0.15, 0.2) is 0 Å². The molecule has 0 amide bonds. The first-order chi connectivity index (χ1) is 12.1. The van der Waals surface area contributed by atoms with Crippen LogP contribution in [-0.2, 0) is 12.8 Å². The maximum Gasteiger partial charge on any atom is 0.387 e. The van der Waals surface area contributed by atoms with Crippen LogP contribution in [0.2, 0.25) is 0 Å². The van der Waals surface area contributed by atoms with Crippen molar-refractivity contribution in [3.63, 3.8) is 0 Å². The van der Waals surface area contributed by atoms with Gasteiger partial charge in [0.1, 0.15) is 22.7 Å². The molecule has 0 saturated carbocycles. The minimum Gasteiger partial charge on any atom is -0.433 e. The molecular formula is C18H17F2N3OS. The first-order valence-electron chi connectivity index (χ1n) is 8.18. The number of fused-ring (bicyclic) bond motifs is 3. The molecule has 0 aliphatic heterocycles. The van der Waals surface area contributed by atoms with Gasteiger partial charge in [-0.25, -0.2) is 9.97 Å². The number of hydrogen-bond acceptors (Lipinski definition) is 5. The number of nitrogens with zero attached hydrogens (tertiary/aromatic N) is 2. The fourth-order valence-electron chi connectivity index (χ4n) is 3.27. The molecule has 0 fully saturated rings. The van der Waals surface area contributed by atoms with Gasteiger partial charge < -0.3 is 10.1 Å². The molecule has 130 valence electrons. The number of thiophene rings is 1. The monoisotopic (exact) mass is 361 g/mol. The zero-order valence-corrected chi connectivity index (χ0v) is 14.4. The van der Waals surface area contributed by atoms with E-state index in [0.29, 0.717) is 17.4 Å². The Balaban J connectivity index is 1.76. The molecule has 0 bridgehead atoms. The maximum atomic E-state index is 12.6. The average Bonchev–Trinajstić information content (AvgIpc) is 2.94. The third-order valence-electron chi connectivity index (χ3n) is 4.45. The number of para-hydroxylation sites is 2. The Bertz CT molecular complexity index is 912. The second kappa shape index (κ2) is 6.55. The van der Waals surface area contributed by atoms with E-state index in [1.54, 1.807) is 29.5 Å². The molecular weight excluding hydrogens is 344 g/mol. The molecule has 4 rings (SSSR count). The van der Waals surface area contributed by atoms with Crippen LogP contribution in [0.1, 0.15) is 23.8 Å². The van der Waals surface area contributed by atoms with Crippen LogP contribution >= 0.6 is 11.3 Å². The van der Waals surface area contributed by atoms with Gasteiger partial charge in [-0.1, -0.05) is 19.1 Å². The largest absolute Gasteiger partial charge is 0.433 e. The molecule has 3 aromatic rings. The summed E-state index contributed by atoms with van der Waals surface area (Å²) in [4.78, 5) is 11.1. The van der Waals surface area contributed by atoms with Gasteiger partial charge in [-0.2, -0.15) is 8.78 Å². The Morgan fingerprint density at radius 2 is 2.12 bits per heavy atom. The summed E-state index contributed by atoms with van der Waals surface area (Å²) in [5.41, 5.74) is 1.75. The van der Waals surface area contributed by atoms with Crippen molar-refractivity contribution < 1.29 is 13.5 Å². The van der Waals surface area contributed by atoms with Crippen LogP contribution in [0.25, 0.3) is 10.2 Å². The predicted molar refractivity (Wildman–Crippen MR) is 95.0 cm³/mol. The van der Waals surface area contributed by atoms with Crippen LogP contribution in [0.3, 0.4) is 0 Å². The normalized spacial score (nSPS) is 16.9. The van der Waals surface area contributed by atoms with E-state index in [2.05, 4.69) is 26.9 Å². The molecule has 1 unspecified atom stereocenters. The second-order valence-electron chi connectivity index (χ2n) is 6.25. The van der Waals surface area contributed by atoms with E-state index in [4.69, 9.17) is 0 Å². The Kier molecular flexibility index (Phi) is 4.25. The molecule has 1 aliphatic carbocycles. The molecule has 2 aromatic heterocycles. The minimum absolute atomic E-state index is 0.0991. The van der Waals surface area contributed by atoms with E-state index in [0.717, 1.165) is 29.5 Å². The van der Waals surface area contributed by atoms with Crippen molar-refractivity contribution in [3.05, 3.63) is 41.0 Å². The van der Waals surface area contributed by atoms with E-state index in [1.165, 1.54) is 22.8 Å². The van der Waals surface area contributed by atoms with Gasteiger partial charge in [-0.3, -0.25) is 0 Å². The summed E-state index contributed by atoms with van der Waals surface area (Å²) in [6.45, 7) is -0.612. The zero-order chi connectivity index (χ0) is 17.4. The standard InChI is InChI=1S/C18H17F2N3OS/c1-10-6-7-11-14(8-10)25-17-15(11)16(21-9-22-17)23-12-4-2-3-5-13(12)24-18(19)20/h2-5,9-10,18H,6-8H2,1H3,(H,21,22,23). The Morgan fingerprint density at radius 1 is 1.28 bits per heavy atom. The van der Waals surface area contributed by atoms with Crippen LogP contribution in [0.5, 0.6) is 5.75 Å². The first-order valence-corrected chi connectivity index (χ1v) is 8.99. The number of anilines is 2. The molecule has 0 saturated heterocycles. The number of aromatic nitrogens is 2. The zero-order valence-electron chi connectivity index (χ0n) is 13.6. The van der Waals surface area contributed by atoms with Crippen LogP contribution in [0.15, 0.2) is 30.6 Å². The lowest BCUT2D eigenvalue weighted by Crippen LogP contribution is -2.09. The van der Waals surface area contributed by atoms with E-state index >= 15 is 0 Å². The smallest absolute Gasteiger partial charge is 0.387 e. The topological polar surface area (TPSA) is 47.0 Å². The lowest BCUT2D eigenvalue weighted by molar-refractivity contribution is -0.0493. The SMILES string of the molecule is CC1CCc2c(sc3ncnc(Nc4ccccc4OC(F)F)c23)C1. The van der Waals surface area contributed by atoms with Crippen LogP contribution < -0.4 is 10.1 Å². The summed E-state index contributed by atoms with van der Waals surface area (Å²) < 4.78 is 29.9. The third-order valence-corrected chi connectivity index (χ3v) is 5.61. The van der Waals surface area contributed by atoms with Gasteiger partial charge in [0, 0.05) is 4.88 Å². The Morgan fingerprint density at radius 3 is 2.96 bits per heavy atom. The summed E-state index contributed by atoms with van der Waals surface area (Å²) in [5.74, 6) is 1.41. The molecule has 1 atom stereocenters. The Hall–Kier alpha value is -2.28. The highest BCUT2D eigenvalue weighted by molar-refractivity contribution is 7.19. The van der Waals surface area contributed by atoms with Crippen molar-refractivity contribution >= 4 is 33.1 Å². The average molecular weight is 361 g/mol. The highest BCUT2D eigenvalue weighted by Gasteiger charge is 2.23. The number of benzene rings is 1. The highest BCUT2D eigenvalue weighted by atomic mass is 32.1. The molecule has 2 heterocycles. The molecule has 4 nitrogen and oxygen atoms in total. The number of aryl methyl sites for hydroxylation is 1. The van der Waals surface area contributed by atoms with Crippen molar-refractivity contribution in [2.45, 2.75) is 32.8 Å². The Labute approximate surface area is 147 Å². The van der Waals surface area contributed by atoms with E-state index < -0.39 is 6.61 Å². The minimum atomic E-state index is -2.87. The molecule has 7 heteroatoms. The first kappa shape index (κ1) is 16.2. The fourth-order valence-corrected chi connectivity index (χ4v) is 4.62. The van der Waals surface area contributed by atoms with E-state index in [-0.39, 0.29) is 5.75 Å². The van der Waals surface area contributed by atoms with Crippen molar-refractivity contribution in [1.82, 2.24) is 9.97 Å². The van der Waals surface area contributed by atoms with Crippen molar-refractivity contribution in [2.24, 2.45) is 5.92 Å². The molecule has 0 spiro atoms. The van der Waals surface area contributed by atoms with Gasteiger partial charge >= 0.3 is 6.61 Å². The molecule has 1 aromatic carbocycles. The van der Waals surface area contributed by atoms with Crippen LogP contribution in [0, 0.1) is 5.92 Å². The van der Waals surface area contributed by atoms with Crippen molar-refractivity contribution in [2.75, 3.05) is 5.32 Å². The summed E-state index contributed by atoms with van der Waals surface area (Å²) in [6, 6.07) is 6.64. The highest BCUT2D eigenvalue weighted by Crippen LogP contribution is 2.41. The number of ether oxygens (including phenoxy) is 1. The quantitative estimate of drug-likeness (QED) is 0.697. The number of rotatable bonds is 4. The van der Waals surface area contributed by atoms with Crippen molar-refractivity contribution in [1.29, 1.82) is 0 Å². The van der Waals surface area contributed by atoms with Gasteiger partial charge in [0.2, 0.25) is 0 Å². The molecule has 1 aliphatic rings. The van der Waals surface area contributed by atoms with Crippen molar-refractivity contribution in [3.8, 4) is 5.75 Å². The molecule has 0 radical (unpaired) electrons. The van der Waals surface area contributed by atoms with Gasteiger partial charge in [0.05, 0.1) is 11.1 Å². The lowest BCUT2D eigenvalue weighted by atomic mass is 9.89. The van der Waals surface area contributed by atoms with Gasteiger partial charge in [-0.05, 0) is 42.9 Å². The van der Waals surface area contributed by atoms with Crippen LogP contribution in [0.4, 0.5) is 20.3 Å². The number of alkyl halides is 2. The third kappa shape index (κ3) is 3.16. The van der Waals surface area contributed by atoms with E-state index in [9.17, 15) is 8.78 Å². The summed E-state index contributed by atoms with van der Waals surface area (Å²) >= 11 is 1.70. The number of nitrogens with one attached hydrogen (secondary N) is 1. The van der Waals surface area contributed by atoms with Gasteiger partial charge in [-0.15, -0.1) is 11.3 Å². The number of hydrogen-bond donors (Lipinski definition) is 1. The van der Waals surface area contributed by atoms with Crippen LogP contribution in [-0.4, -0.2) is 16.6 Å². The lowest BCUT2D eigenvalue weighted by Gasteiger charge is -2.18. The summed E-state index contributed by atoms with van der Waals surface area (Å²) in [6.07, 6.45) is 4.69.